The van der Waals surface area contributed by atoms with E-state index in [1.165, 1.54) is 13.2 Å². The fraction of sp³-hybridized carbons (Fsp3) is 0.211. The minimum atomic E-state index is -0.146. The van der Waals surface area contributed by atoms with E-state index in [2.05, 4.69) is 5.92 Å². The van der Waals surface area contributed by atoms with Crippen molar-refractivity contribution in [2.45, 2.75) is 13.8 Å². The van der Waals surface area contributed by atoms with Gasteiger partial charge in [0.05, 0.1) is 17.7 Å². The SMILES string of the molecule is C#CCOc1c(Cl)cc(/C=C/C(=O)c2cc(C)oc2C)cc1OC. The van der Waals surface area contributed by atoms with Crippen LogP contribution in [-0.4, -0.2) is 19.5 Å². The Morgan fingerprint density at radius 2 is 2.12 bits per heavy atom. The molecule has 5 heteroatoms. The maximum absolute atomic E-state index is 12.2. The summed E-state index contributed by atoms with van der Waals surface area (Å²) in [5.41, 5.74) is 1.24. The molecule has 24 heavy (non-hydrogen) atoms. The van der Waals surface area contributed by atoms with E-state index in [1.54, 1.807) is 38.1 Å². The normalized spacial score (nSPS) is 10.6. The third kappa shape index (κ3) is 4.01. The highest BCUT2D eigenvalue weighted by atomic mass is 35.5. The van der Waals surface area contributed by atoms with Crippen molar-refractivity contribution in [3.05, 3.63) is 51.9 Å². The number of methoxy groups -OCH3 is 1. The van der Waals surface area contributed by atoms with E-state index in [0.29, 0.717) is 39.2 Å². The Balaban J connectivity index is 2.26. The third-order valence-corrected chi connectivity index (χ3v) is 3.57. The number of terminal acetylenes is 1. The lowest BCUT2D eigenvalue weighted by atomic mass is 10.1. The number of halogens is 1. The molecule has 0 radical (unpaired) electrons. The number of carbonyl (C=O) groups is 1. The number of furan rings is 1. The van der Waals surface area contributed by atoms with E-state index in [-0.39, 0.29) is 12.4 Å². The number of carbonyl (C=O) groups excluding carboxylic acids is 1. The molecule has 1 aromatic carbocycles. The summed E-state index contributed by atoms with van der Waals surface area (Å²) in [6.07, 6.45) is 8.30. The standard InChI is InChI=1S/C19H17ClO4/c1-5-8-23-19-16(20)10-14(11-18(19)22-4)6-7-17(21)15-9-12(2)24-13(15)3/h1,6-7,9-11H,8H2,2-4H3/b7-6+. The molecule has 124 valence electrons. The number of hydrogen-bond donors (Lipinski definition) is 0. The largest absolute Gasteiger partial charge is 0.493 e. The van der Waals surface area contributed by atoms with Crippen LogP contribution in [0.15, 0.2) is 28.7 Å². The second-order valence-electron chi connectivity index (χ2n) is 5.05. The predicted molar refractivity (Wildman–Crippen MR) is 93.9 cm³/mol. The van der Waals surface area contributed by atoms with E-state index in [9.17, 15) is 4.79 Å². The highest BCUT2D eigenvalue weighted by molar-refractivity contribution is 6.32. The average molecular weight is 345 g/mol. The van der Waals surface area contributed by atoms with Gasteiger partial charge in [0.25, 0.3) is 0 Å². The molecule has 0 aliphatic carbocycles. The minimum Gasteiger partial charge on any atom is -0.493 e. The summed E-state index contributed by atoms with van der Waals surface area (Å²) in [5.74, 6) is 4.34. The maximum Gasteiger partial charge on any atom is 0.189 e. The van der Waals surface area contributed by atoms with E-state index < -0.39 is 0 Å². The molecule has 0 bridgehead atoms. The summed E-state index contributed by atoms with van der Waals surface area (Å²) >= 11 is 6.20. The lowest BCUT2D eigenvalue weighted by molar-refractivity contribution is 0.104. The average Bonchev–Trinajstić information content (AvgIpc) is 2.89. The maximum atomic E-state index is 12.2. The number of allylic oxidation sites excluding steroid dienone is 1. The van der Waals surface area contributed by atoms with Gasteiger partial charge in [-0.05, 0) is 43.7 Å². The quantitative estimate of drug-likeness (QED) is 0.441. The van der Waals surface area contributed by atoms with Crippen molar-refractivity contribution in [1.82, 2.24) is 0 Å². The van der Waals surface area contributed by atoms with Gasteiger partial charge in [-0.1, -0.05) is 23.6 Å². The number of aryl methyl sites for hydroxylation is 2. The number of benzene rings is 1. The summed E-state index contributed by atoms with van der Waals surface area (Å²) < 4.78 is 16.0. The molecule has 1 aromatic heterocycles. The van der Waals surface area contributed by atoms with Crippen molar-refractivity contribution in [3.8, 4) is 23.8 Å². The van der Waals surface area contributed by atoms with Gasteiger partial charge >= 0.3 is 0 Å². The van der Waals surface area contributed by atoms with Crippen LogP contribution in [0.3, 0.4) is 0 Å². The smallest absolute Gasteiger partial charge is 0.189 e. The van der Waals surface area contributed by atoms with Crippen LogP contribution in [0.5, 0.6) is 11.5 Å². The Bertz CT molecular complexity index is 825. The van der Waals surface area contributed by atoms with Gasteiger partial charge in [-0.2, -0.15) is 0 Å². The minimum absolute atomic E-state index is 0.0862. The van der Waals surface area contributed by atoms with E-state index in [0.717, 1.165) is 0 Å². The van der Waals surface area contributed by atoms with Crippen LogP contribution in [0.25, 0.3) is 6.08 Å². The predicted octanol–water partition coefficient (Wildman–Crippen LogP) is 4.47. The van der Waals surface area contributed by atoms with Gasteiger partial charge < -0.3 is 13.9 Å². The van der Waals surface area contributed by atoms with Gasteiger partial charge in [-0.15, -0.1) is 6.42 Å². The number of ketones is 1. The van der Waals surface area contributed by atoms with Crippen molar-refractivity contribution < 1.29 is 18.7 Å². The molecular formula is C19H17ClO4. The van der Waals surface area contributed by atoms with Crippen LogP contribution in [0.2, 0.25) is 5.02 Å². The second kappa shape index (κ2) is 7.76. The first-order valence-corrected chi connectivity index (χ1v) is 7.57. The van der Waals surface area contributed by atoms with Gasteiger partial charge in [0, 0.05) is 0 Å². The first kappa shape index (κ1) is 17.7. The fourth-order valence-corrected chi connectivity index (χ4v) is 2.50. The monoisotopic (exact) mass is 344 g/mol. The molecule has 1 heterocycles. The van der Waals surface area contributed by atoms with Gasteiger partial charge in [0.2, 0.25) is 0 Å². The molecule has 0 fully saturated rings. The van der Waals surface area contributed by atoms with Crippen LogP contribution >= 0.6 is 11.6 Å². The van der Waals surface area contributed by atoms with E-state index in [1.807, 2.05) is 0 Å². The lowest BCUT2D eigenvalue weighted by Crippen LogP contribution is -1.98. The fourth-order valence-electron chi connectivity index (χ4n) is 2.23. The van der Waals surface area contributed by atoms with E-state index >= 15 is 0 Å². The van der Waals surface area contributed by atoms with E-state index in [4.69, 9.17) is 31.9 Å². The molecule has 2 rings (SSSR count). The molecule has 0 aliphatic heterocycles. The first-order valence-electron chi connectivity index (χ1n) is 7.19. The molecule has 0 spiro atoms. The number of hydrogen-bond acceptors (Lipinski definition) is 4. The summed E-state index contributed by atoms with van der Waals surface area (Å²) in [5, 5.41) is 0.354. The van der Waals surface area contributed by atoms with Crippen molar-refractivity contribution in [1.29, 1.82) is 0 Å². The molecule has 0 aliphatic rings. The van der Waals surface area contributed by atoms with Crippen LogP contribution < -0.4 is 9.47 Å². The van der Waals surface area contributed by atoms with Crippen LogP contribution in [0.1, 0.15) is 27.4 Å². The number of rotatable bonds is 6. The zero-order chi connectivity index (χ0) is 17.7. The van der Waals surface area contributed by atoms with Crippen molar-refractivity contribution in [2.75, 3.05) is 13.7 Å². The molecule has 0 amide bonds. The highest BCUT2D eigenvalue weighted by Gasteiger charge is 2.13. The summed E-state index contributed by atoms with van der Waals surface area (Å²) in [6, 6.07) is 5.11. The second-order valence-corrected chi connectivity index (χ2v) is 5.46. The van der Waals surface area contributed by atoms with Crippen LogP contribution in [0, 0.1) is 26.2 Å². The van der Waals surface area contributed by atoms with Crippen LogP contribution in [-0.2, 0) is 0 Å². The number of ether oxygens (including phenoxy) is 2. The molecule has 4 nitrogen and oxygen atoms in total. The van der Waals surface area contributed by atoms with Crippen molar-refractivity contribution >= 4 is 23.5 Å². The van der Waals surface area contributed by atoms with Gasteiger partial charge in [-0.25, -0.2) is 0 Å². The van der Waals surface area contributed by atoms with Crippen molar-refractivity contribution in [2.24, 2.45) is 0 Å². The Kier molecular flexibility index (Phi) is 5.73. The van der Waals surface area contributed by atoms with Gasteiger partial charge in [-0.3, -0.25) is 4.79 Å². The Morgan fingerprint density at radius 1 is 1.38 bits per heavy atom. The van der Waals surface area contributed by atoms with Crippen molar-refractivity contribution in [3.63, 3.8) is 0 Å². The topological polar surface area (TPSA) is 48.7 Å². The molecule has 0 N–H and O–H groups in total. The summed E-state index contributed by atoms with van der Waals surface area (Å²) in [7, 11) is 1.50. The van der Waals surface area contributed by atoms with Crippen LogP contribution in [0.4, 0.5) is 0 Å². The summed E-state index contributed by atoms with van der Waals surface area (Å²) in [6.45, 7) is 3.64. The molecule has 0 saturated heterocycles. The van der Waals surface area contributed by atoms with Gasteiger partial charge in [0.1, 0.15) is 18.1 Å². The molecule has 0 atom stereocenters. The molecule has 0 saturated carbocycles. The Morgan fingerprint density at radius 3 is 2.71 bits per heavy atom. The molecule has 0 unspecified atom stereocenters. The zero-order valence-corrected chi connectivity index (χ0v) is 14.4. The highest BCUT2D eigenvalue weighted by Crippen LogP contribution is 2.36. The third-order valence-electron chi connectivity index (χ3n) is 3.29. The zero-order valence-electron chi connectivity index (χ0n) is 13.7. The molecular weight excluding hydrogens is 328 g/mol. The first-order chi connectivity index (χ1) is 11.5. The summed E-state index contributed by atoms with van der Waals surface area (Å²) in [4.78, 5) is 12.2. The van der Waals surface area contributed by atoms with Gasteiger partial charge in [0.15, 0.2) is 17.3 Å². The Labute approximate surface area is 146 Å². The Hall–Kier alpha value is -2.64. The lowest BCUT2D eigenvalue weighted by Gasteiger charge is -2.11. The molecule has 2 aromatic rings.